The first-order valence-electron chi connectivity index (χ1n) is 6.35. The maximum atomic E-state index is 13.5. The molecule has 1 unspecified atom stereocenters. The van der Waals surface area contributed by atoms with Gasteiger partial charge in [0.1, 0.15) is 30.1 Å². The molecule has 0 amide bonds. The average Bonchev–Trinajstić information content (AvgIpc) is 2.45. The second-order valence-corrected chi connectivity index (χ2v) is 4.55. The number of benzene rings is 2. The van der Waals surface area contributed by atoms with Gasteiger partial charge in [-0.2, -0.15) is 0 Å². The van der Waals surface area contributed by atoms with Crippen LogP contribution in [-0.4, -0.2) is 17.5 Å². The minimum Gasteiger partial charge on any atom is -0.491 e. The second kappa shape index (κ2) is 6.45. The molecular weight excluding hydrogens is 278 g/mol. The largest absolute Gasteiger partial charge is 0.491 e. The van der Waals surface area contributed by atoms with Crippen molar-refractivity contribution < 1.29 is 23.4 Å². The van der Waals surface area contributed by atoms with Gasteiger partial charge < -0.3 is 9.84 Å². The first-order valence-corrected chi connectivity index (χ1v) is 6.35. The van der Waals surface area contributed by atoms with Crippen molar-refractivity contribution in [1.82, 2.24) is 0 Å². The van der Waals surface area contributed by atoms with E-state index in [1.54, 1.807) is 18.2 Å². The monoisotopic (exact) mass is 292 g/mol. The molecule has 0 aliphatic carbocycles. The molecule has 0 aliphatic heterocycles. The van der Waals surface area contributed by atoms with Gasteiger partial charge >= 0.3 is 0 Å². The van der Waals surface area contributed by atoms with Crippen molar-refractivity contribution in [3.05, 3.63) is 65.2 Å². The lowest BCUT2D eigenvalue weighted by Crippen LogP contribution is -2.13. The third kappa shape index (κ3) is 3.64. The van der Waals surface area contributed by atoms with E-state index in [9.17, 15) is 18.7 Å². The van der Waals surface area contributed by atoms with E-state index in [0.717, 1.165) is 12.1 Å². The predicted octanol–water partition coefficient (Wildman–Crippen LogP) is 3.28. The van der Waals surface area contributed by atoms with Gasteiger partial charge in [-0.3, -0.25) is 4.79 Å². The lowest BCUT2D eigenvalue weighted by Gasteiger charge is -2.14. The molecule has 2 rings (SSSR count). The van der Waals surface area contributed by atoms with Crippen LogP contribution in [0.1, 0.15) is 28.9 Å². The number of Topliss-reactive ketones (excluding diaryl/α,β-unsaturated/α-hetero) is 1. The minimum absolute atomic E-state index is 0.124. The summed E-state index contributed by atoms with van der Waals surface area (Å²) in [5.74, 6) is -1.44. The van der Waals surface area contributed by atoms with E-state index in [-0.39, 0.29) is 12.4 Å². The van der Waals surface area contributed by atoms with Crippen molar-refractivity contribution >= 4 is 5.78 Å². The first kappa shape index (κ1) is 15.1. The van der Waals surface area contributed by atoms with Gasteiger partial charge in [0, 0.05) is 5.56 Å². The van der Waals surface area contributed by atoms with Crippen LogP contribution in [0, 0.1) is 11.6 Å². The number of ether oxygens (including phenoxy) is 1. The number of aliphatic hydroxyl groups is 1. The number of rotatable bonds is 5. The third-order valence-corrected chi connectivity index (χ3v) is 2.98. The van der Waals surface area contributed by atoms with Crippen LogP contribution in [0.2, 0.25) is 0 Å². The van der Waals surface area contributed by atoms with Gasteiger partial charge in [0.15, 0.2) is 5.78 Å². The minimum atomic E-state index is -1.44. The summed E-state index contributed by atoms with van der Waals surface area (Å²) in [6.45, 7) is 1.10. The summed E-state index contributed by atoms with van der Waals surface area (Å²) >= 11 is 0. The Bertz CT molecular complexity index is 635. The van der Waals surface area contributed by atoms with Crippen molar-refractivity contribution in [3.8, 4) is 5.75 Å². The lowest BCUT2D eigenvalue weighted by atomic mass is 10.1. The second-order valence-electron chi connectivity index (χ2n) is 4.55. The number of carbonyl (C=O) groups excluding carboxylic acids is 1. The van der Waals surface area contributed by atoms with E-state index in [1.807, 2.05) is 0 Å². The summed E-state index contributed by atoms with van der Waals surface area (Å²) in [4.78, 5) is 11.2. The van der Waals surface area contributed by atoms with Crippen LogP contribution in [-0.2, 0) is 0 Å². The molecule has 0 radical (unpaired) electrons. The van der Waals surface area contributed by atoms with E-state index < -0.39 is 23.3 Å². The van der Waals surface area contributed by atoms with Gasteiger partial charge in [-0.15, -0.1) is 0 Å². The number of carbonyl (C=O) groups is 1. The van der Waals surface area contributed by atoms with E-state index in [2.05, 4.69) is 0 Å². The molecule has 0 saturated carbocycles. The number of hydrogen-bond donors (Lipinski definition) is 1. The standard InChI is InChI=1S/C16H14F2O3/c1-10(19)11-4-2-5-12(8-11)21-9-15(20)16-13(17)6-3-7-14(16)18/h2-8,15,20H,9H2,1H3. The van der Waals surface area contributed by atoms with Crippen molar-refractivity contribution in [2.45, 2.75) is 13.0 Å². The first-order chi connectivity index (χ1) is 9.99. The number of hydrogen-bond acceptors (Lipinski definition) is 3. The Hall–Kier alpha value is -2.27. The van der Waals surface area contributed by atoms with Gasteiger partial charge in [-0.05, 0) is 31.2 Å². The van der Waals surface area contributed by atoms with Crippen LogP contribution in [0.5, 0.6) is 5.75 Å². The number of aliphatic hydroxyl groups excluding tert-OH is 1. The number of ketones is 1. The summed E-state index contributed by atoms with van der Waals surface area (Å²) in [5, 5.41) is 9.85. The SMILES string of the molecule is CC(=O)c1cccc(OCC(O)c2c(F)cccc2F)c1. The summed E-state index contributed by atoms with van der Waals surface area (Å²) in [6.07, 6.45) is -1.44. The Morgan fingerprint density at radius 1 is 1.19 bits per heavy atom. The third-order valence-electron chi connectivity index (χ3n) is 2.98. The fraction of sp³-hybridized carbons (Fsp3) is 0.188. The normalized spacial score (nSPS) is 12.0. The molecule has 0 aliphatic rings. The van der Waals surface area contributed by atoms with Gasteiger partial charge in [0.2, 0.25) is 0 Å². The highest BCUT2D eigenvalue weighted by molar-refractivity contribution is 5.94. The fourth-order valence-electron chi connectivity index (χ4n) is 1.89. The molecule has 1 N–H and O–H groups in total. The molecule has 110 valence electrons. The van der Waals surface area contributed by atoms with E-state index in [0.29, 0.717) is 11.3 Å². The average molecular weight is 292 g/mol. The molecule has 0 saturated heterocycles. The maximum absolute atomic E-state index is 13.5. The van der Waals surface area contributed by atoms with Crippen LogP contribution in [0.3, 0.4) is 0 Å². The van der Waals surface area contributed by atoms with Gasteiger partial charge in [-0.25, -0.2) is 8.78 Å². The Morgan fingerprint density at radius 2 is 1.81 bits per heavy atom. The highest BCUT2D eigenvalue weighted by atomic mass is 19.1. The topological polar surface area (TPSA) is 46.5 Å². The molecule has 2 aromatic rings. The van der Waals surface area contributed by atoms with Crippen LogP contribution in [0.15, 0.2) is 42.5 Å². The summed E-state index contributed by atoms with van der Waals surface area (Å²) in [7, 11) is 0. The molecule has 0 aromatic heterocycles. The highest BCUT2D eigenvalue weighted by Crippen LogP contribution is 2.22. The molecule has 21 heavy (non-hydrogen) atoms. The molecule has 1 atom stereocenters. The molecule has 5 heteroatoms. The molecule has 0 spiro atoms. The zero-order chi connectivity index (χ0) is 15.4. The van der Waals surface area contributed by atoms with Crippen molar-refractivity contribution in [2.24, 2.45) is 0 Å². The lowest BCUT2D eigenvalue weighted by molar-refractivity contribution is 0.100. The molecular formula is C16H14F2O3. The Kier molecular flexibility index (Phi) is 4.65. The van der Waals surface area contributed by atoms with Gasteiger partial charge in [0.25, 0.3) is 0 Å². The summed E-state index contributed by atoms with van der Waals surface area (Å²) in [5.41, 5.74) is 0.0271. The molecule has 0 bridgehead atoms. The van der Waals surface area contributed by atoms with Crippen LogP contribution in [0.4, 0.5) is 8.78 Å². The highest BCUT2D eigenvalue weighted by Gasteiger charge is 2.18. The van der Waals surface area contributed by atoms with Crippen molar-refractivity contribution in [2.75, 3.05) is 6.61 Å². The Balaban J connectivity index is 2.09. The van der Waals surface area contributed by atoms with Crippen LogP contribution < -0.4 is 4.74 Å². The van der Waals surface area contributed by atoms with E-state index in [4.69, 9.17) is 4.74 Å². The van der Waals surface area contributed by atoms with Crippen molar-refractivity contribution in [3.63, 3.8) is 0 Å². The quantitative estimate of drug-likeness (QED) is 0.860. The fourth-order valence-corrected chi connectivity index (χ4v) is 1.89. The Labute approximate surface area is 120 Å². The number of halogens is 2. The summed E-state index contributed by atoms with van der Waals surface area (Å²) < 4.78 is 32.3. The predicted molar refractivity (Wildman–Crippen MR) is 73.3 cm³/mol. The van der Waals surface area contributed by atoms with Crippen LogP contribution >= 0.6 is 0 Å². The summed E-state index contributed by atoms with van der Waals surface area (Å²) in [6, 6.07) is 9.71. The van der Waals surface area contributed by atoms with Crippen molar-refractivity contribution in [1.29, 1.82) is 0 Å². The van der Waals surface area contributed by atoms with Gasteiger partial charge in [0.05, 0.1) is 5.56 Å². The zero-order valence-electron chi connectivity index (χ0n) is 11.3. The van der Waals surface area contributed by atoms with Gasteiger partial charge in [-0.1, -0.05) is 18.2 Å². The maximum Gasteiger partial charge on any atom is 0.159 e. The molecule has 0 fully saturated rings. The van der Waals surface area contributed by atoms with E-state index in [1.165, 1.54) is 19.1 Å². The molecule has 0 heterocycles. The Morgan fingerprint density at radius 3 is 2.43 bits per heavy atom. The molecule has 2 aromatic carbocycles. The van der Waals surface area contributed by atoms with E-state index >= 15 is 0 Å². The van der Waals surface area contributed by atoms with Crippen LogP contribution in [0.25, 0.3) is 0 Å². The zero-order valence-corrected chi connectivity index (χ0v) is 11.3. The smallest absolute Gasteiger partial charge is 0.159 e. The molecule has 3 nitrogen and oxygen atoms in total.